The Morgan fingerprint density at radius 1 is 1.38 bits per heavy atom. The molecule has 0 aliphatic carbocycles. The number of amides is 1. The Morgan fingerprint density at radius 2 is 2.21 bits per heavy atom. The second kappa shape index (κ2) is 7.34. The maximum atomic E-state index is 13.3. The number of furan rings is 1. The van der Waals surface area contributed by atoms with Crippen molar-refractivity contribution in [2.45, 2.75) is 45.7 Å². The predicted molar refractivity (Wildman–Crippen MR) is 92.1 cm³/mol. The molecule has 4 nitrogen and oxygen atoms in total. The summed E-state index contributed by atoms with van der Waals surface area (Å²) in [7, 11) is 0. The number of nitrogens with one attached hydrogen (secondary N) is 1. The van der Waals surface area contributed by atoms with E-state index in [9.17, 15) is 9.18 Å². The van der Waals surface area contributed by atoms with E-state index in [0.29, 0.717) is 30.5 Å². The minimum absolute atomic E-state index is 0.242. The number of hydrogen-bond acceptors (Lipinski definition) is 3. The quantitative estimate of drug-likeness (QED) is 0.908. The van der Waals surface area contributed by atoms with Gasteiger partial charge in [0, 0.05) is 30.9 Å². The predicted octanol–water partition coefficient (Wildman–Crippen LogP) is 3.70. The zero-order chi connectivity index (χ0) is 17.1. The van der Waals surface area contributed by atoms with E-state index in [1.54, 1.807) is 6.07 Å². The molecule has 2 aromatic rings. The van der Waals surface area contributed by atoms with Gasteiger partial charge < -0.3 is 14.6 Å². The molecule has 0 radical (unpaired) electrons. The van der Waals surface area contributed by atoms with Gasteiger partial charge >= 0.3 is 0 Å². The maximum absolute atomic E-state index is 13.3. The van der Waals surface area contributed by atoms with Crippen LogP contribution in [0.25, 0.3) is 11.0 Å². The lowest BCUT2D eigenvalue weighted by molar-refractivity contribution is -0.133. The van der Waals surface area contributed by atoms with Crippen LogP contribution in [0.2, 0.25) is 0 Å². The molecule has 1 aromatic carbocycles. The number of carbonyl (C=O) groups excluding carboxylic acids is 1. The fourth-order valence-corrected chi connectivity index (χ4v) is 3.55. The van der Waals surface area contributed by atoms with E-state index in [2.05, 4.69) is 12.2 Å². The van der Waals surface area contributed by atoms with Crippen LogP contribution in [0.1, 0.15) is 38.9 Å². The van der Waals surface area contributed by atoms with Crippen molar-refractivity contribution in [1.29, 1.82) is 0 Å². The second-order valence-electron chi connectivity index (χ2n) is 6.53. The van der Waals surface area contributed by atoms with Crippen molar-refractivity contribution in [1.82, 2.24) is 10.2 Å². The Labute approximate surface area is 142 Å². The zero-order valence-electron chi connectivity index (χ0n) is 14.3. The fourth-order valence-electron chi connectivity index (χ4n) is 3.55. The minimum Gasteiger partial charge on any atom is -0.460 e. The topological polar surface area (TPSA) is 45.5 Å². The summed E-state index contributed by atoms with van der Waals surface area (Å²) < 4.78 is 19.0. The number of nitrogens with zero attached hydrogens (tertiary/aromatic N) is 1. The first-order chi connectivity index (χ1) is 11.6. The lowest BCUT2D eigenvalue weighted by Crippen LogP contribution is -2.50. The van der Waals surface area contributed by atoms with Gasteiger partial charge in [0.1, 0.15) is 17.2 Å². The fraction of sp³-hybridized carbons (Fsp3) is 0.526. The van der Waals surface area contributed by atoms with Crippen LogP contribution in [0.5, 0.6) is 0 Å². The molecule has 0 saturated carbocycles. The number of likely N-dealkylation sites (tertiary alicyclic amines) is 1. The highest BCUT2D eigenvalue weighted by atomic mass is 19.1. The van der Waals surface area contributed by atoms with Crippen molar-refractivity contribution in [2.75, 3.05) is 13.1 Å². The first kappa shape index (κ1) is 17.0. The number of piperidine rings is 1. The van der Waals surface area contributed by atoms with Crippen LogP contribution in [0, 0.1) is 11.7 Å². The van der Waals surface area contributed by atoms with Crippen LogP contribution < -0.4 is 5.32 Å². The summed E-state index contributed by atoms with van der Waals surface area (Å²) in [4.78, 5) is 13.9. The first-order valence-corrected chi connectivity index (χ1v) is 8.79. The third kappa shape index (κ3) is 3.61. The molecular formula is C19H25FN2O2. The average molecular weight is 332 g/mol. The highest BCUT2D eigenvalue weighted by molar-refractivity contribution is 5.77. The van der Waals surface area contributed by atoms with E-state index in [1.165, 1.54) is 12.1 Å². The van der Waals surface area contributed by atoms with E-state index in [1.807, 2.05) is 17.9 Å². The van der Waals surface area contributed by atoms with Gasteiger partial charge in [-0.2, -0.15) is 0 Å². The number of rotatable bonds is 5. The van der Waals surface area contributed by atoms with Gasteiger partial charge in [-0.25, -0.2) is 4.39 Å². The largest absolute Gasteiger partial charge is 0.460 e. The van der Waals surface area contributed by atoms with Crippen molar-refractivity contribution in [3.8, 4) is 0 Å². The van der Waals surface area contributed by atoms with E-state index in [0.717, 1.165) is 37.1 Å². The Hall–Kier alpha value is -1.88. The SMILES string of the molecule is CCC(=O)N1CC[C@@H](NCc2cc3cc(F)ccc3o2)[C@@H](CC)C1. The van der Waals surface area contributed by atoms with E-state index >= 15 is 0 Å². The summed E-state index contributed by atoms with van der Waals surface area (Å²) in [5.41, 5.74) is 0.712. The van der Waals surface area contributed by atoms with Gasteiger partial charge in [-0.05, 0) is 36.6 Å². The Morgan fingerprint density at radius 3 is 2.96 bits per heavy atom. The molecule has 2 heterocycles. The normalized spacial score (nSPS) is 21.4. The van der Waals surface area contributed by atoms with E-state index < -0.39 is 0 Å². The van der Waals surface area contributed by atoms with E-state index in [4.69, 9.17) is 4.42 Å². The molecule has 1 N–H and O–H groups in total. The van der Waals surface area contributed by atoms with Crippen LogP contribution >= 0.6 is 0 Å². The Kier molecular flexibility index (Phi) is 5.19. The molecule has 1 amide bonds. The highest BCUT2D eigenvalue weighted by Gasteiger charge is 2.29. The van der Waals surface area contributed by atoms with Crippen LogP contribution in [-0.2, 0) is 11.3 Å². The molecule has 1 saturated heterocycles. The number of halogens is 1. The van der Waals surface area contributed by atoms with Crippen LogP contribution in [0.3, 0.4) is 0 Å². The molecule has 0 unspecified atom stereocenters. The van der Waals surface area contributed by atoms with Gasteiger partial charge in [-0.1, -0.05) is 20.3 Å². The summed E-state index contributed by atoms with van der Waals surface area (Å²) >= 11 is 0. The standard InChI is InChI=1S/C19H25FN2O2/c1-3-13-12-22(19(23)4-2)8-7-17(13)21-11-16-10-14-9-15(20)5-6-18(14)24-16/h5-6,9-10,13,17,21H,3-4,7-8,11-12H2,1-2H3/t13-,17+/m0/s1. The molecule has 1 aliphatic heterocycles. The lowest BCUT2D eigenvalue weighted by atomic mass is 9.89. The average Bonchev–Trinajstić information content (AvgIpc) is 3.01. The molecule has 3 rings (SSSR count). The molecule has 1 aromatic heterocycles. The molecular weight excluding hydrogens is 307 g/mol. The summed E-state index contributed by atoms with van der Waals surface area (Å²) in [6.07, 6.45) is 2.57. The van der Waals surface area contributed by atoms with Crippen LogP contribution in [0.15, 0.2) is 28.7 Å². The number of fused-ring (bicyclic) bond motifs is 1. The van der Waals surface area contributed by atoms with Gasteiger partial charge in [0.2, 0.25) is 5.91 Å². The van der Waals surface area contributed by atoms with Crippen molar-refractivity contribution < 1.29 is 13.6 Å². The number of hydrogen-bond donors (Lipinski definition) is 1. The van der Waals surface area contributed by atoms with Crippen molar-refractivity contribution in [2.24, 2.45) is 5.92 Å². The Balaban J connectivity index is 1.61. The number of carbonyl (C=O) groups is 1. The second-order valence-corrected chi connectivity index (χ2v) is 6.53. The van der Waals surface area contributed by atoms with Crippen molar-refractivity contribution in [3.05, 3.63) is 35.8 Å². The third-order valence-corrected chi connectivity index (χ3v) is 4.98. The summed E-state index contributed by atoms with van der Waals surface area (Å²) in [5, 5.41) is 4.36. The van der Waals surface area contributed by atoms with Crippen molar-refractivity contribution in [3.63, 3.8) is 0 Å². The monoisotopic (exact) mass is 332 g/mol. The van der Waals surface area contributed by atoms with Crippen molar-refractivity contribution >= 4 is 16.9 Å². The summed E-state index contributed by atoms with van der Waals surface area (Å²) in [5.74, 6) is 1.27. The molecule has 0 spiro atoms. The van der Waals surface area contributed by atoms with Gasteiger partial charge in [0.05, 0.1) is 6.54 Å². The zero-order valence-corrected chi connectivity index (χ0v) is 14.3. The molecule has 24 heavy (non-hydrogen) atoms. The van der Waals surface area contributed by atoms with E-state index in [-0.39, 0.29) is 11.7 Å². The highest BCUT2D eigenvalue weighted by Crippen LogP contribution is 2.23. The third-order valence-electron chi connectivity index (χ3n) is 4.98. The lowest BCUT2D eigenvalue weighted by Gasteiger charge is -2.38. The smallest absolute Gasteiger partial charge is 0.222 e. The molecule has 130 valence electrons. The van der Waals surface area contributed by atoms with Gasteiger partial charge in [-0.3, -0.25) is 4.79 Å². The number of benzene rings is 1. The maximum Gasteiger partial charge on any atom is 0.222 e. The molecule has 0 bridgehead atoms. The molecule has 1 aliphatic rings. The molecule has 2 atom stereocenters. The van der Waals surface area contributed by atoms with Crippen LogP contribution in [0.4, 0.5) is 4.39 Å². The molecule has 5 heteroatoms. The van der Waals surface area contributed by atoms with Gasteiger partial charge in [-0.15, -0.1) is 0 Å². The van der Waals surface area contributed by atoms with Gasteiger partial charge in [0.15, 0.2) is 0 Å². The minimum atomic E-state index is -0.248. The van der Waals surface area contributed by atoms with Gasteiger partial charge in [0.25, 0.3) is 0 Å². The first-order valence-electron chi connectivity index (χ1n) is 8.79. The van der Waals surface area contributed by atoms with Crippen LogP contribution in [-0.4, -0.2) is 29.9 Å². The summed E-state index contributed by atoms with van der Waals surface area (Å²) in [6.45, 7) is 6.35. The Bertz CT molecular complexity index is 712. The molecule has 1 fully saturated rings. The summed E-state index contributed by atoms with van der Waals surface area (Å²) in [6, 6.07) is 6.84.